The maximum atomic E-state index is 13.0. The molecule has 2 aromatic rings. The predicted octanol–water partition coefficient (Wildman–Crippen LogP) is 3.80. The largest absolute Gasteiger partial charge is 0.417 e. The summed E-state index contributed by atoms with van der Waals surface area (Å²) in [5.41, 5.74) is 6.04. The molecule has 3 nitrogen and oxygen atoms in total. The highest BCUT2D eigenvalue weighted by molar-refractivity contribution is 5.72. The van der Waals surface area contributed by atoms with Crippen LogP contribution in [-0.4, -0.2) is 10.2 Å². The summed E-state index contributed by atoms with van der Waals surface area (Å²) < 4.78 is 39.0. The molecule has 0 aliphatic carbocycles. The summed E-state index contributed by atoms with van der Waals surface area (Å²) in [6, 6.07) is 5.39. The Bertz CT molecular complexity index is 585. The molecule has 19 heavy (non-hydrogen) atoms. The molecule has 0 bridgehead atoms. The molecule has 102 valence electrons. The van der Waals surface area contributed by atoms with Crippen molar-refractivity contribution in [2.45, 2.75) is 25.9 Å². The lowest BCUT2D eigenvalue weighted by Gasteiger charge is -2.14. The van der Waals surface area contributed by atoms with Crippen LogP contribution in [0.2, 0.25) is 0 Å². The lowest BCUT2D eigenvalue weighted by atomic mass is 9.95. The normalized spacial score (nSPS) is 12.1. The Hall–Kier alpha value is -1.98. The van der Waals surface area contributed by atoms with Gasteiger partial charge in [-0.3, -0.25) is 5.10 Å². The van der Waals surface area contributed by atoms with E-state index < -0.39 is 11.7 Å². The third-order valence-electron chi connectivity index (χ3n) is 2.91. The number of benzene rings is 1. The van der Waals surface area contributed by atoms with Crippen LogP contribution in [0.5, 0.6) is 0 Å². The van der Waals surface area contributed by atoms with Crippen LogP contribution in [0.3, 0.4) is 0 Å². The molecule has 0 saturated carbocycles. The maximum absolute atomic E-state index is 13.0. The highest BCUT2D eigenvalue weighted by Gasteiger charge is 2.34. The van der Waals surface area contributed by atoms with Crippen LogP contribution >= 0.6 is 0 Å². The van der Waals surface area contributed by atoms with Gasteiger partial charge in [0.25, 0.3) is 0 Å². The Morgan fingerprint density at radius 2 is 1.84 bits per heavy atom. The van der Waals surface area contributed by atoms with Gasteiger partial charge in [0.15, 0.2) is 0 Å². The summed E-state index contributed by atoms with van der Waals surface area (Å²) >= 11 is 0. The molecule has 0 saturated heterocycles. The van der Waals surface area contributed by atoms with Crippen molar-refractivity contribution in [3.05, 3.63) is 35.4 Å². The van der Waals surface area contributed by atoms with Gasteiger partial charge < -0.3 is 5.73 Å². The standard InChI is InChI=1S/C13H14F3N3/c1-7(2)10-11(18-19-12(10)17)8-5-3-4-6-9(8)13(14,15)16/h3-7H,1-2H3,(H3,17,18,19). The summed E-state index contributed by atoms with van der Waals surface area (Å²) in [6.45, 7) is 3.72. The van der Waals surface area contributed by atoms with E-state index in [1.165, 1.54) is 12.1 Å². The lowest BCUT2D eigenvalue weighted by molar-refractivity contribution is -0.137. The van der Waals surface area contributed by atoms with Crippen molar-refractivity contribution in [3.63, 3.8) is 0 Å². The van der Waals surface area contributed by atoms with Gasteiger partial charge in [0.1, 0.15) is 5.82 Å². The number of nitrogen functional groups attached to an aromatic ring is 1. The number of aromatic amines is 1. The smallest absolute Gasteiger partial charge is 0.382 e. The van der Waals surface area contributed by atoms with Gasteiger partial charge in [-0.05, 0) is 12.0 Å². The lowest BCUT2D eigenvalue weighted by Crippen LogP contribution is -2.08. The number of hydrogen-bond acceptors (Lipinski definition) is 2. The van der Waals surface area contributed by atoms with Gasteiger partial charge >= 0.3 is 6.18 Å². The van der Waals surface area contributed by atoms with Crippen molar-refractivity contribution < 1.29 is 13.2 Å². The van der Waals surface area contributed by atoms with Crippen molar-refractivity contribution >= 4 is 5.82 Å². The first-order valence-corrected chi connectivity index (χ1v) is 5.82. The number of anilines is 1. The fraction of sp³-hybridized carbons (Fsp3) is 0.308. The minimum absolute atomic E-state index is 0.0185. The monoisotopic (exact) mass is 269 g/mol. The number of nitrogens with zero attached hydrogens (tertiary/aromatic N) is 1. The Labute approximate surface area is 108 Å². The zero-order chi connectivity index (χ0) is 14.2. The van der Waals surface area contributed by atoms with Crippen LogP contribution < -0.4 is 5.73 Å². The topological polar surface area (TPSA) is 54.7 Å². The fourth-order valence-corrected chi connectivity index (χ4v) is 2.10. The van der Waals surface area contributed by atoms with Crippen LogP contribution in [0.15, 0.2) is 24.3 Å². The number of H-pyrrole nitrogens is 1. The number of nitrogens with two attached hydrogens (primary N) is 1. The first kappa shape index (κ1) is 13.5. The van der Waals surface area contributed by atoms with E-state index in [1.54, 1.807) is 6.07 Å². The summed E-state index contributed by atoms with van der Waals surface area (Å²) in [5.74, 6) is 0.219. The highest BCUT2D eigenvalue weighted by Crippen LogP contribution is 2.39. The fourth-order valence-electron chi connectivity index (χ4n) is 2.10. The molecular formula is C13H14F3N3. The van der Waals surface area contributed by atoms with E-state index in [4.69, 9.17) is 5.73 Å². The van der Waals surface area contributed by atoms with E-state index in [9.17, 15) is 13.2 Å². The number of alkyl halides is 3. The second-order valence-corrected chi connectivity index (χ2v) is 4.60. The molecule has 1 heterocycles. The van der Waals surface area contributed by atoms with Gasteiger partial charge in [-0.1, -0.05) is 32.0 Å². The van der Waals surface area contributed by atoms with E-state index >= 15 is 0 Å². The van der Waals surface area contributed by atoms with Gasteiger partial charge in [0, 0.05) is 11.1 Å². The van der Waals surface area contributed by atoms with E-state index in [1.807, 2.05) is 13.8 Å². The molecular weight excluding hydrogens is 255 g/mol. The molecule has 0 aliphatic heterocycles. The SMILES string of the molecule is CC(C)c1c(N)n[nH]c1-c1ccccc1C(F)(F)F. The zero-order valence-electron chi connectivity index (χ0n) is 10.5. The van der Waals surface area contributed by atoms with E-state index in [2.05, 4.69) is 10.2 Å². The highest BCUT2D eigenvalue weighted by atomic mass is 19.4. The third kappa shape index (κ3) is 2.43. The van der Waals surface area contributed by atoms with Crippen molar-refractivity contribution in [1.29, 1.82) is 0 Å². The van der Waals surface area contributed by atoms with Crippen LogP contribution in [0.4, 0.5) is 19.0 Å². The molecule has 3 N–H and O–H groups in total. The average Bonchev–Trinajstić information content (AvgIpc) is 2.70. The first-order chi connectivity index (χ1) is 8.82. The van der Waals surface area contributed by atoms with Gasteiger partial charge in [-0.2, -0.15) is 18.3 Å². The van der Waals surface area contributed by atoms with Crippen LogP contribution in [0, 0.1) is 0 Å². The molecule has 0 spiro atoms. The average molecular weight is 269 g/mol. The molecule has 6 heteroatoms. The Balaban J connectivity index is 2.67. The van der Waals surface area contributed by atoms with Gasteiger partial charge in [0.2, 0.25) is 0 Å². The van der Waals surface area contributed by atoms with Crippen LogP contribution in [-0.2, 0) is 6.18 Å². The molecule has 0 aliphatic rings. The first-order valence-electron chi connectivity index (χ1n) is 5.82. The second-order valence-electron chi connectivity index (χ2n) is 4.60. The molecule has 2 rings (SSSR count). The van der Waals surface area contributed by atoms with E-state index in [0.717, 1.165) is 6.07 Å². The molecule has 1 aromatic heterocycles. The molecule has 0 fully saturated rings. The van der Waals surface area contributed by atoms with Gasteiger partial charge in [-0.15, -0.1) is 0 Å². The van der Waals surface area contributed by atoms with Crippen LogP contribution in [0.1, 0.15) is 30.9 Å². The van der Waals surface area contributed by atoms with Crippen LogP contribution in [0.25, 0.3) is 11.3 Å². The summed E-state index contributed by atoms with van der Waals surface area (Å²) in [7, 11) is 0. The molecule has 0 amide bonds. The van der Waals surface area contributed by atoms with Crippen molar-refractivity contribution in [2.75, 3.05) is 5.73 Å². The number of hydrogen-bond donors (Lipinski definition) is 2. The van der Waals surface area contributed by atoms with Crippen molar-refractivity contribution in [3.8, 4) is 11.3 Å². The van der Waals surface area contributed by atoms with E-state index in [0.29, 0.717) is 11.3 Å². The van der Waals surface area contributed by atoms with Gasteiger partial charge in [-0.25, -0.2) is 0 Å². The maximum Gasteiger partial charge on any atom is 0.417 e. The van der Waals surface area contributed by atoms with Gasteiger partial charge in [0.05, 0.1) is 11.3 Å². The number of halogens is 3. The minimum Gasteiger partial charge on any atom is -0.382 e. The second kappa shape index (κ2) is 4.60. The Morgan fingerprint density at radius 1 is 1.21 bits per heavy atom. The predicted molar refractivity (Wildman–Crippen MR) is 67.5 cm³/mol. The summed E-state index contributed by atoms with van der Waals surface area (Å²) in [6.07, 6.45) is -4.41. The number of nitrogens with one attached hydrogen (secondary N) is 1. The number of rotatable bonds is 2. The summed E-state index contributed by atoms with van der Waals surface area (Å²) in [4.78, 5) is 0. The van der Waals surface area contributed by atoms with Crippen molar-refractivity contribution in [2.24, 2.45) is 0 Å². The number of aromatic nitrogens is 2. The Morgan fingerprint density at radius 3 is 2.42 bits per heavy atom. The minimum atomic E-state index is -4.41. The molecule has 0 atom stereocenters. The molecule has 0 unspecified atom stereocenters. The zero-order valence-corrected chi connectivity index (χ0v) is 10.5. The Kier molecular flexibility index (Phi) is 3.26. The summed E-state index contributed by atoms with van der Waals surface area (Å²) in [5, 5.41) is 6.43. The molecule has 1 aromatic carbocycles. The molecule has 0 radical (unpaired) electrons. The van der Waals surface area contributed by atoms with E-state index in [-0.39, 0.29) is 17.3 Å². The quantitative estimate of drug-likeness (QED) is 0.871. The van der Waals surface area contributed by atoms with Crippen molar-refractivity contribution in [1.82, 2.24) is 10.2 Å². The third-order valence-corrected chi connectivity index (χ3v) is 2.91.